The summed E-state index contributed by atoms with van der Waals surface area (Å²) < 4.78 is 41.5. The summed E-state index contributed by atoms with van der Waals surface area (Å²) in [5.74, 6) is -0.973. The molecule has 1 heterocycles. The Hall–Kier alpha value is -2.74. The molecule has 0 saturated carbocycles. The predicted octanol–water partition coefficient (Wildman–Crippen LogP) is 4.80. The first-order valence-electron chi connectivity index (χ1n) is 9.76. The zero-order valence-electron chi connectivity index (χ0n) is 16.5. The fourth-order valence-corrected chi connectivity index (χ4v) is 5.62. The van der Waals surface area contributed by atoms with Crippen LogP contribution in [0.5, 0.6) is 0 Å². The van der Waals surface area contributed by atoms with Gasteiger partial charge in [0.25, 0.3) is 0 Å². The molecule has 0 spiro atoms. The lowest BCUT2D eigenvalue weighted by molar-refractivity contribution is -0.117. The maximum absolute atomic E-state index is 13.4. The second kappa shape index (κ2) is 8.78. The van der Waals surface area contributed by atoms with E-state index < -0.39 is 27.8 Å². The Labute approximate surface area is 185 Å². The monoisotopic (exact) mass is 458 g/mol. The maximum atomic E-state index is 13.4. The third kappa shape index (κ3) is 4.49. The first-order valence-corrected chi connectivity index (χ1v) is 11.6. The molecule has 1 atom stereocenters. The number of hydrogen-bond donors (Lipinski definition) is 1. The summed E-state index contributed by atoms with van der Waals surface area (Å²) in [6.45, 7) is 0.272. The van der Waals surface area contributed by atoms with Crippen LogP contribution in [0.15, 0.2) is 77.7 Å². The Bertz CT molecular complexity index is 1220. The molecule has 1 unspecified atom stereocenters. The standard InChI is InChI=1S/C23H20ClFN2O3S/c24-20-14-17(10-11-21(20)25)26-23(28)15-22-19-9-5-4-6-16(19)12-13-27(22)31(29,30)18-7-2-1-3-8-18/h1-11,14,22H,12-13,15H2,(H,26,28). The van der Waals surface area contributed by atoms with Crippen molar-refractivity contribution in [2.75, 3.05) is 11.9 Å². The number of rotatable bonds is 5. The van der Waals surface area contributed by atoms with E-state index in [1.807, 2.05) is 24.3 Å². The lowest BCUT2D eigenvalue weighted by Crippen LogP contribution is -2.41. The molecule has 3 aromatic carbocycles. The predicted molar refractivity (Wildman–Crippen MR) is 118 cm³/mol. The Morgan fingerprint density at radius 3 is 2.52 bits per heavy atom. The number of fused-ring (bicyclic) bond motifs is 1. The van der Waals surface area contributed by atoms with E-state index in [1.54, 1.807) is 30.3 Å². The van der Waals surface area contributed by atoms with E-state index >= 15 is 0 Å². The third-order valence-electron chi connectivity index (χ3n) is 5.30. The number of halogens is 2. The lowest BCUT2D eigenvalue weighted by Gasteiger charge is -2.36. The van der Waals surface area contributed by atoms with Crippen molar-refractivity contribution in [1.29, 1.82) is 0 Å². The second-order valence-electron chi connectivity index (χ2n) is 7.27. The highest BCUT2D eigenvalue weighted by atomic mass is 35.5. The molecule has 1 aliphatic rings. The van der Waals surface area contributed by atoms with Crippen LogP contribution in [0.1, 0.15) is 23.6 Å². The van der Waals surface area contributed by atoms with Crippen LogP contribution < -0.4 is 5.32 Å². The molecule has 0 aromatic heterocycles. The van der Waals surface area contributed by atoms with Gasteiger partial charge in [0.05, 0.1) is 16.0 Å². The van der Waals surface area contributed by atoms with Gasteiger partial charge < -0.3 is 5.32 Å². The van der Waals surface area contributed by atoms with Crippen LogP contribution in [0.4, 0.5) is 10.1 Å². The molecule has 3 aromatic rings. The average molecular weight is 459 g/mol. The molecule has 0 saturated heterocycles. The molecule has 0 radical (unpaired) electrons. The zero-order chi connectivity index (χ0) is 22.0. The maximum Gasteiger partial charge on any atom is 0.243 e. The molecule has 1 N–H and O–H groups in total. The number of sulfonamides is 1. The summed E-state index contributed by atoms with van der Waals surface area (Å²) in [6.07, 6.45) is 0.478. The van der Waals surface area contributed by atoms with Crippen LogP contribution in [-0.2, 0) is 21.2 Å². The SMILES string of the molecule is O=C(CC1c2ccccc2CCN1S(=O)(=O)c1ccccc1)Nc1ccc(F)c(Cl)c1. The number of nitrogens with one attached hydrogen (secondary N) is 1. The Balaban J connectivity index is 1.65. The van der Waals surface area contributed by atoms with Gasteiger partial charge in [0.1, 0.15) is 5.82 Å². The topological polar surface area (TPSA) is 66.5 Å². The molecular weight excluding hydrogens is 439 g/mol. The van der Waals surface area contributed by atoms with Crippen molar-refractivity contribution in [3.8, 4) is 0 Å². The number of nitrogens with zero attached hydrogens (tertiary/aromatic N) is 1. The van der Waals surface area contributed by atoms with Crippen molar-refractivity contribution in [3.63, 3.8) is 0 Å². The molecule has 0 bridgehead atoms. The van der Waals surface area contributed by atoms with Crippen LogP contribution in [0.3, 0.4) is 0 Å². The minimum Gasteiger partial charge on any atom is -0.326 e. The van der Waals surface area contributed by atoms with Gasteiger partial charge in [0.2, 0.25) is 15.9 Å². The summed E-state index contributed by atoms with van der Waals surface area (Å²) in [5.41, 5.74) is 2.17. The van der Waals surface area contributed by atoms with Gasteiger partial charge in [-0.15, -0.1) is 0 Å². The van der Waals surface area contributed by atoms with Crippen LogP contribution >= 0.6 is 11.6 Å². The number of hydrogen-bond acceptors (Lipinski definition) is 3. The van der Waals surface area contributed by atoms with Crippen molar-refractivity contribution in [2.24, 2.45) is 0 Å². The third-order valence-corrected chi connectivity index (χ3v) is 7.51. The van der Waals surface area contributed by atoms with Crippen molar-refractivity contribution in [1.82, 2.24) is 4.31 Å². The normalized spacial score (nSPS) is 16.5. The minimum absolute atomic E-state index is 0.0852. The van der Waals surface area contributed by atoms with Crippen molar-refractivity contribution in [2.45, 2.75) is 23.8 Å². The second-order valence-corrected chi connectivity index (χ2v) is 9.57. The van der Waals surface area contributed by atoms with E-state index in [0.717, 1.165) is 11.1 Å². The van der Waals surface area contributed by atoms with Gasteiger partial charge in [-0.1, -0.05) is 54.1 Å². The van der Waals surface area contributed by atoms with Gasteiger partial charge in [-0.3, -0.25) is 4.79 Å². The summed E-state index contributed by atoms with van der Waals surface area (Å²) in [5, 5.41) is 2.59. The summed E-state index contributed by atoms with van der Waals surface area (Å²) in [7, 11) is -3.80. The largest absolute Gasteiger partial charge is 0.326 e. The first kappa shape index (κ1) is 21.5. The van der Waals surface area contributed by atoms with E-state index in [9.17, 15) is 17.6 Å². The quantitative estimate of drug-likeness (QED) is 0.597. The smallest absolute Gasteiger partial charge is 0.243 e. The average Bonchev–Trinajstić information content (AvgIpc) is 2.77. The molecule has 1 amide bonds. The minimum atomic E-state index is -3.80. The lowest BCUT2D eigenvalue weighted by atomic mass is 9.92. The van der Waals surface area contributed by atoms with Crippen LogP contribution in [0.2, 0.25) is 5.02 Å². The molecule has 8 heteroatoms. The van der Waals surface area contributed by atoms with Crippen molar-refractivity contribution >= 4 is 33.2 Å². The summed E-state index contributed by atoms with van der Waals surface area (Å²) >= 11 is 5.79. The van der Waals surface area contributed by atoms with Crippen LogP contribution in [-0.4, -0.2) is 25.2 Å². The molecule has 4 rings (SSSR count). The highest BCUT2D eigenvalue weighted by Crippen LogP contribution is 2.36. The number of benzene rings is 3. The van der Waals surface area contributed by atoms with Gasteiger partial charge in [-0.05, 0) is 47.9 Å². The van der Waals surface area contributed by atoms with E-state index in [2.05, 4.69) is 5.32 Å². The summed E-state index contributed by atoms with van der Waals surface area (Å²) in [4.78, 5) is 13.0. The molecule has 31 heavy (non-hydrogen) atoms. The van der Waals surface area contributed by atoms with Crippen molar-refractivity contribution in [3.05, 3.63) is 94.8 Å². The number of anilines is 1. The molecule has 160 valence electrons. The molecule has 1 aliphatic heterocycles. The fourth-order valence-electron chi connectivity index (χ4n) is 3.82. The Morgan fingerprint density at radius 2 is 1.77 bits per heavy atom. The summed E-state index contributed by atoms with van der Waals surface area (Å²) in [6, 6.07) is 19.0. The van der Waals surface area contributed by atoms with Gasteiger partial charge >= 0.3 is 0 Å². The van der Waals surface area contributed by atoms with E-state index in [1.165, 1.54) is 22.5 Å². The molecule has 0 fully saturated rings. The Morgan fingerprint density at radius 1 is 1.06 bits per heavy atom. The number of carbonyl (C=O) groups excluding carboxylic acids is 1. The number of amides is 1. The van der Waals surface area contributed by atoms with Gasteiger partial charge in [0.15, 0.2) is 0 Å². The molecule has 0 aliphatic carbocycles. The Kier molecular flexibility index (Phi) is 6.09. The highest BCUT2D eigenvalue weighted by Gasteiger charge is 2.37. The zero-order valence-corrected chi connectivity index (χ0v) is 18.0. The van der Waals surface area contributed by atoms with Gasteiger partial charge in [-0.25, -0.2) is 12.8 Å². The van der Waals surface area contributed by atoms with Crippen LogP contribution in [0, 0.1) is 5.82 Å². The van der Waals surface area contributed by atoms with Crippen molar-refractivity contribution < 1.29 is 17.6 Å². The molecule has 5 nitrogen and oxygen atoms in total. The van der Waals surface area contributed by atoms with E-state index in [-0.39, 0.29) is 22.9 Å². The van der Waals surface area contributed by atoms with E-state index in [0.29, 0.717) is 12.1 Å². The molecular formula is C23H20ClFN2O3S. The number of carbonyl (C=O) groups is 1. The first-order chi connectivity index (χ1) is 14.9. The van der Waals surface area contributed by atoms with E-state index in [4.69, 9.17) is 11.6 Å². The van der Waals surface area contributed by atoms with Gasteiger partial charge in [0, 0.05) is 18.7 Å². The van der Waals surface area contributed by atoms with Gasteiger partial charge in [-0.2, -0.15) is 4.31 Å². The van der Waals surface area contributed by atoms with Crippen LogP contribution in [0.25, 0.3) is 0 Å². The highest BCUT2D eigenvalue weighted by molar-refractivity contribution is 7.89. The fraction of sp³-hybridized carbons (Fsp3) is 0.174.